The lowest BCUT2D eigenvalue weighted by atomic mass is 9.97. The Morgan fingerprint density at radius 1 is 1.37 bits per heavy atom. The maximum absolute atomic E-state index is 11.8. The molecule has 0 N–H and O–H groups in total. The summed E-state index contributed by atoms with van der Waals surface area (Å²) in [6, 6.07) is 6.02. The summed E-state index contributed by atoms with van der Waals surface area (Å²) in [7, 11) is 3.07. The molecule has 8 heteroatoms. The number of hydrogen-bond acceptors (Lipinski definition) is 7. The van der Waals surface area contributed by atoms with E-state index >= 15 is 0 Å². The van der Waals surface area contributed by atoms with Crippen LogP contribution in [0.4, 0.5) is 0 Å². The third-order valence-corrected chi connectivity index (χ3v) is 5.43. The molecule has 1 atom stereocenters. The van der Waals surface area contributed by atoms with Gasteiger partial charge in [-0.25, -0.2) is 4.98 Å². The first-order chi connectivity index (χ1) is 14.6. The van der Waals surface area contributed by atoms with Crippen molar-refractivity contribution in [1.29, 1.82) is 0 Å². The Hall–Kier alpha value is -3.29. The minimum absolute atomic E-state index is 0.0601. The van der Waals surface area contributed by atoms with E-state index in [-0.39, 0.29) is 18.4 Å². The summed E-state index contributed by atoms with van der Waals surface area (Å²) in [4.78, 5) is 23.7. The summed E-state index contributed by atoms with van der Waals surface area (Å²) >= 11 is 0. The van der Waals surface area contributed by atoms with E-state index in [9.17, 15) is 4.79 Å². The van der Waals surface area contributed by atoms with Crippen molar-refractivity contribution in [2.75, 3.05) is 27.4 Å². The van der Waals surface area contributed by atoms with Gasteiger partial charge in [-0.2, -0.15) is 0 Å². The van der Waals surface area contributed by atoms with Crippen LogP contribution in [0.1, 0.15) is 30.5 Å². The van der Waals surface area contributed by atoms with E-state index in [4.69, 9.17) is 14.3 Å². The standard InChI is InChI=1S/C22H26N4O4/c1-15-12-25(14-23-15)19-7-6-16(10-20(19)28-2)9-17-5-4-8-26-18(11-21(27)29-3)13-30-24-22(17)26/h6-7,9-10,12,14,18H,4-5,8,11,13H2,1-3H3/b17-9+/t18-/m0/s1. The summed E-state index contributed by atoms with van der Waals surface area (Å²) in [5.41, 5.74) is 3.98. The van der Waals surface area contributed by atoms with Gasteiger partial charge in [0.1, 0.15) is 12.4 Å². The first-order valence-electron chi connectivity index (χ1n) is 10.0. The summed E-state index contributed by atoms with van der Waals surface area (Å²) in [5.74, 6) is 1.32. The normalized spacial score (nSPS) is 19.7. The fourth-order valence-corrected chi connectivity index (χ4v) is 3.92. The number of carbonyl (C=O) groups excluding carboxylic acids is 1. The van der Waals surface area contributed by atoms with Gasteiger partial charge in [0.2, 0.25) is 0 Å². The monoisotopic (exact) mass is 410 g/mol. The minimum atomic E-state index is -0.240. The molecule has 0 spiro atoms. The van der Waals surface area contributed by atoms with E-state index in [0.717, 1.165) is 53.5 Å². The fraction of sp³-hybridized carbons (Fsp3) is 0.409. The van der Waals surface area contributed by atoms with E-state index in [1.54, 1.807) is 13.4 Å². The highest BCUT2D eigenvalue weighted by Gasteiger charge is 2.33. The van der Waals surface area contributed by atoms with E-state index < -0.39 is 0 Å². The molecule has 1 aromatic carbocycles. The Morgan fingerprint density at radius 2 is 2.23 bits per heavy atom. The lowest BCUT2D eigenvalue weighted by molar-refractivity contribution is -0.142. The van der Waals surface area contributed by atoms with Gasteiger partial charge < -0.3 is 23.8 Å². The predicted molar refractivity (Wildman–Crippen MR) is 113 cm³/mol. The Kier molecular flexibility index (Phi) is 5.74. The van der Waals surface area contributed by atoms with Crippen molar-refractivity contribution < 1.29 is 19.1 Å². The molecule has 0 unspecified atom stereocenters. The maximum Gasteiger partial charge on any atom is 0.307 e. The van der Waals surface area contributed by atoms with Crippen LogP contribution in [-0.2, 0) is 14.4 Å². The molecule has 0 radical (unpaired) electrons. The van der Waals surface area contributed by atoms with Crippen molar-refractivity contribution in [1.82, 2.24) is 14.5 Å². The number of nitrogens with zero attached hydrogens (tertiary/aromatic N) is 4. The number of oxime groups is 1. The molecule has 0 aliphatic carbocycles. The smallest absolute Gasteiger partial charge is 0.307 e. The number of rotatable bonds is 5. The zero-order chi connectivity index (χ0) is 21.1. The molecule has 2 aliphatic rings. The van der Waals surface area contributed by atoms with Gasteiger partial charge >= 0.3 is 5.97 Å². The second kappa shape index (κ2) is 8.61. The number of esters is 1. The van der Waals surface area contributed by atoms with Crippen molar-refractivity contribution in [3.63, 3.8) is 0 Å². The van der Waals surface area contributed by atoms with Crippen molar-refractivity contribution in [3.8, 4) is 11.4 Å². The average Bonchev–Trinajstić information content (AvgIpc) is 3.20. The minimum Gasteiger partial charge on any atom is -0.495 e. The first-order valence-corrected chi connectivity index (χ1v) is 10.0. The van der Waals surface area contributed by atoms with Gasteiger partial charge in [-0.15, -0.1) is 0 Å². The molecule has 30 heavy (non-hydrogen) atoms. The number of imidazole rings is 1. The third kappa shape index (κ3) is 4.03. The molecular formula is C22H26N4O4. The van der Waals surface area contributed by atoms with E-state index in [2.05, 4.69) is 27.2 Å². The molecule has 1 aromatic heterocycles. The number of aryl methyl sites for hydroxylation is 1. The van der Waals surface area contributed by atoms with Crippen LogP contribution < -0.4 is 4.74 Å². The number of methoxy groups -OCH3 is 2. The predicted octanol–water partition coefficient (Wildman–Crippen LogP) is 2.94. The van der Waals surface area contributed by atoms with E-state index in [1.807, 2.05) is 29.8 Å². The van der Waals surface area contributed by atoms with Crippen LogP contribution in [0, 0.1) is 6.92 Å². The van der Waals surface area contributed by atoms with Gasteiger partial charge in [0, 0.05) is 12.7 Å². The maximum atomic E-state index is 11.8. The molecule has 0 amide bonds. The lowest BCUT2D eigenvalue weighted by Crippen LogP contribution is -2.50. The van der Waals surface area contributed by atoms with Crippen molar-refractivity contribution in [3.05, 3.63) is 47.6 Å². The average molecular weight is 410 g/mol. The van der Waals surface area contributed by atoms with Crippen molar-refractivity contribution in [2.24, 2.45) is 5.16 Å². The van der Waals surface area contributed by atoms with Gasteiger partial charge in [-0.05, 0) is 49.1 Å². The fourth-order valence-electron chi connectivity index (χ4n) is 3.92. The first kappa shape index (κ1) is 20.0. The Morgan fingerprint density at radius 3 is 2.97 bits per heavy atom. The molecule has 2 aromatic rings. The third-order valence-electron chi connectivity index (χ3n) is 5.43. The highest BCUT2D eigenvalue weighted by Crippen LogP contribution is 2.30. The molecule has 0 saturated carbocycles. The summed E-state index contributed by atoms with van der Waals surface area (Å²) in [6.45, 7) is 3.19. The largest absolute Gasteiger partial charge is 0.495 e. The highest BCUT2D eigenvalue weighted by molar-refractivity contribution is 6.03. The Bertz CT molecular complexity index is 995. The number of benzene rings is 1. The lowest BCUT2D eigenvalue weighted by Gasteiger charge is -2.39. The Balaban J connectivity index is 1.61. The number of piperidine rings is 1. The molecular weight excluding hydrogens is 384 g/mol. The van der Waals surface area contributed by atoms with Crippen LogP contribution in [0.15, 0.2) is 41.5 Å². The SMILES string of the molecule is COC(=O)C[C@H]1CON=C2/C(=C/c3ccc(-n4cnc(C)c4)c(OC)c3)CCCN21. The number of hydrogen-bond donors (Lipinski definition) is 0. The van der Waals surface area contributed by atoms with Crippen LogP contribution in [0.2, 0.25) is 0 Å². The number of amidine groups is 1. The van der Waals surface area contributed by atoms with Crippen LogP contribution in [0.25, 0.3) is 11.8 Å². The van der Waals surface area contributed by atoms with E-state index in [1.165, 1.54) is 7.11 Å². The second-order valence-corrected chi connectivity index (χ2v) is 7.46. The van der Waals surface area contributed by atoms with Gasteiger partial charge in [-0.1, -0.05) is 11.2 Å². The van der Waals surface area contributed by atoms with E-state index in [0.29, 0.717) is 6.61 Å². The summed E-state index contributed by atoms with van der Waals surface area (Å²) in [6.07, 6.45) is 8.03. The molecule has 3 heterocycles. The van der Waals surface area contributed by atoms with Crippen LogP contribution >= 0.6 is 0 Å². The van der Waals surface area contributed by atoms with Gasteiger partial charge in [-0.3, -0.25) is 4.79 Å². The van der Waals surface area contributed by atoms with Gasteiger partial charge in [0.15, 0.2) is 5.84 Å². The van der Waals surface area contributed by atoms with Gasteiger partial charge in [0.05, 0.1) is 44.4 Å². The summed E-state index contributed by atoms with van der Waals surface area (Å²) in [5, 5.41) is 4.30. The van der Waals surface area contributed by atoms with Crippen LogP contribution in [0.5, 0.6) is 5.75 Å². The molecule has 2 aliphatic heterocycles. The van der Waals surface area contributed by atoms with Gasteiger partial charge in [0.25, 0.3) is 0 Å². The van der Waals surface area contributed by atoms with Crippen molar-refractivity contribution in [2.45, 2.75) is 32.2 Å². The molecule has 1 saturated heterocycles. The summed E-state index contributed by atoms with van der Waals surface area (Å²) < 4.78 is 12.4. The number of carbonyl (C=O) groups is 1. The molecule has 8 nitrogen and oxygen atoms in total. The highest BCUT2D eigenvalue weighted by atomic mass is 16.6. The van der Waals surface area contributed by atoms with Crippen LogP contribution in [0.3, 0.4) is 0 Å². The van der Waals surface area contributed by atoms with Crippen molar-refractivity contribution >= 4 is 17.9 Å². The zero-order valence-corrected chi connectivity index (χ0v) is 17.5. The molecule has 0 bridgehead atoms. The number of fused-ring (bicyclic) bond motifs is 1. The molecule has 4 rings (SSSR count). The number of ether oxygens (including phenoxy) is 2. The van der Waals surface area contributed by atoms with Crippen LogP contribution in [-0.4, -0.2) is 59.7 Å². The topological polar surface area (TPSA) is 78.2 Å². The number of aromatic nitrogens is 2. The molecule has 158 valence electrons. The Labute approximate surface area is 175 Å². The second-order valence-electron chi connectivity index (χ2n) is 7.46. The molecule has 1 fully saturated rings. The zero-order valence-electron chi connectivity index (χ0n) is 17.5. The quantitative estimate of drug-likeness (QED) is 0.706.